The topological polar surface area (TPSA) is 88.0 Å². The van der Waals surface area contributed by atoms with Crippen LogP contribution in [0.3, 0.4) is 0 Å². The molecular weight excluding hydrogens is 453 g/mol. The van der Waals surface area contributed by atoms with Crippen molar-refractivity contribution in [3.63, 3.8) is 0 Å². The van der Waals surface area contributed by atoms with Crippen molar-refractivity contribution in [2.24, 2.45) is 0 Å². The van der Waals surface area contributed by atoms with Crippen molar-refractivity contribution in [2.75, 3.05) is 5.32 Å². The van der Waals surface area contributed by atoms with E-state index < -0.39 is 11.7 Å². The number of benzene rings is 2. The molecule has 0 spiro atoms. The molecule has 2 aromatic carbocycles. The van der Waals surface area contributed by atoms with Gasteiger partial charge in [-0.05, 0) is 49.4 Å². The number of amides is 1. The molecule has 150 valence electrons. The number of carbonyl (C=O) groups is 2. The van der Waals surface area contributed by atoms with Crippen molar-refractivity contribution in [1.29, 1.82) is 0 Å². The monoisotopic (exact) mass is 467 g/mol. The molecule has 30 heavy (non-hydrogen) atoms. The van der Waals surface area contributed by atoms with E-state index >= 15 is 0 Å². The summed E-state index contributed by atoms with van der Waals surface area (Å²) in [4.78, 5) is 28.3. The molecule has 0 aliphatic carbocycles. The Balaban J connectivity index is 1.59. The Kier molecular flexibility index (Phi) is 5.33. The highest BCUT2D eigenvalue weighted by molar-refractivity contribution is 9.10. The first kappa shape index (κ1) is 19.8. The Morgan fingerprint density at radius 3 is 2.50 bits per heavy atom. The molecular formula is C22H15BrFN3O3. The largest absolute Gasteiger partial charge is 0.360 e. The number of aromatic nitrogens is 2. The average molecular weight is 468 g/mol. The minimum Gasteiger partial charge on any atom is -0.360 e. The van der Waals surface area contributed by atoms with E-state index in [1.807, 2.05) is 24.3 Å². The molecule has 2 aromatic heterocycles. The minimum absolute atomic E-state index is 0.196. The van der Waals surface area contributed by atoms with Crippen molar-refractivity contribution in [1.82, 2.24) is 10.1 Å². The molecule has 2 N–H and O–H groups in total. The van der Waals surface area contributed by atoms with Crippen molar-refractivity contribution in [2.45, 2.75) is 6.92 Å². The second kappa shape index (κ2) is 8.08. The number of hydrogen-bond acceptors (Lipinski definition) is 4. The molecule has 0 radical (unpaired) electrons. The maximum atomic E-state index is 13.1. The maximum Gasteiger partial charge on any atom is 0.272 e. The number of H-pyrrole nitrogens is 1. The number of halogens is 2. The zero-order valence-corrected chi connectivity index (χ0v) is 17.3. The molecule has 0 aliphatic heterocycles. The van der Waals surface area contributed by atoms with Gasteiger partial charge in [0.2, 0.25) is 0 Å². The minimum atomic E-state index is -0.448. The maximum absolute atomic E-state index is 13.1. The van der Waals surface area contributed by atoms with Crippen LogP contribution in [0.15, 0.2) is 69.8 Å². The summed E-state index contributed by atoms with van der Waals surface area (Å²) in [5.74, 6) is -0.776. The highest BCUT2D eigenvalue weighted by Crippen LogP contribution is 2.28. The van der Waals surface area contributed by atoms with E-state index in [2.05, 4.69) is 31.4 Å². The first-order chi connectivity index (χ1) is 14.4. The molecule has 8 heteroatoms. The quantitative estimate of drug-likeness (QED) is 0.386. The van der Waals surface area contributed by atoms with Crippen LogP contribution < -0.4 is 5.32 Å². The van der Waals surface area contributed by atoms with Crippen LogP contribution in [0.2, 0.25) is 0 Å². The highest BCUT2D eigenvalue weighted by Gasteiger charge is 2.24. The van der Waals surface area contributed by atoms with Gasteiger partial charge in [-0.15, -0.1) is 0 Å². The van der Waals surface area contributed by atoms with Crippen LogP contribution >= 0.6 is 15.9 Å². The van der Waals surface area contributed by atoms with Crippen LogP contribution in [0.5, 0.6) is 0 Å². The van der Waals surface area contributed by atoms with Crippen LogP contribution in [-0.4, -0.2) is 21.8 Å². The number of nitrogens with zero attached hydrogens (tertiary/aromatic N) is 1. The molecule has 2 heterocycles. The Labute approximate surface area is 179 Å². The normalized spacial score (nSPS) is 10.8. The van der Waals surface area contributed by atoms with Crippen LogP contribution in [-0.2, 0) is 0 Å². The van der Waals surface area contributed by atoms with Crippen LogP contribution in [0.25, 0.3) is 11.3 Å². The number of rotatable bonds is 5. The average Bonchev–Trinajstić information content (AvgIpc) is 3.37. The Bertz CT molecular complexity index is 1230. The predicted octanol–water partition coefficient (Wildman–Crippen LogP) is 5.36. The predicted molar refractivity (Wildman–Crippen MR) is 113 cm³/mol. The first-order valence-electron chi connectivity index (χ1n) is 8.94. The first-order valence-corrected chi connectivity index (χ1v) is 9.74. The van der Waals surface area contributed by atoms with Crippen LogP contribution in [0.4, 0.5) is 10.1 Å². The molecule has 0 saturated carbocycles. The van der Waals surface area contributed by atoms with Crippen LogP contribution in [0, 0.1) is 12.7 Å². The molecule has 0 fully saturated rings. The molecule has 4 aromatic rings. The summed E-state index contributed by atoms with van der Waals surface area (Å²) in [5.41, 5.74) is 2.44. The molecule has 1 amide bonds. The Hall–Kier alpha value is -3.52. The molecule has 0 aliphatic rings. The van der Waals surface area contributed by atoms with E-state index in [0.29, 0.717) is 28.3 Å². The molecule has 6 nitrogen and oxygen atoms in total. The summed E-state index contributed by atoms with van der Waals surface area (Å²) >= 11 is 3.38. The summed E-state index contributed by atoms with van der Waals surface area (Å²) in [6.45, 7) is 1.66. The van der Waals surface area contributed by atoms with Crippen molar-refractivity contribution < 1.29 is 18.5 Å². The van der Waals surface area contributed by atoms with E-state index in [0.717, 1.165) is 10.0 Å². The van der Waals surface area contributed by atoms with Gasteiger partial charge in [-0.2, -0.15) is 0 Å². The van der Waals surface area contributed by atoms with E-state index in [9.17, 15) is 14.0 Å². The van der Waals surface area contributed by atoms with Crippen molar-refractivity contribution >= 4 is 33.3 Å². The zero-order valence-electron chi connectivity index (χ0n) is 15.7. The standard InChI is InChI=1S/C22H15BrFN3O3/c1-12-19(20(27-30-12)13-2-4-15(23)5-3-13)21(28)14-10-18(25-11-14)22(29)26-17-8-6-16(24)7-9-17/h2-11,25H,1H3,(H,26,29). The summed E-state index contributed by atoms with van der Waals surface area (Å²) in [7, 11) is 0. The fraction of sp³-hybridized carbons (Fsp3) is 0.0455. The molecule has 0 unspecified atom stereocenters. The number of nitrogens with one attached hydrogen (secondary N) is 2. The zero-order chi connectivity index (χ0) is 21.3. The van der Waals surface area contributed by atoms with Crippen molar-refractivity contribution in [3.8, 4) is 11.3 Å². The third-order valence-electron chi connectivity index (χ3n) is 4.50. The van der Waals surface area contributed by atoms with Gasteiger partial charge in [0.15, 0.2) is 5.78 Å². The molecule has 0 saturated heterocycles. The molecule has 0 atom stereocenters. The number of aryl methyl sites for hydroxylation is 1. The van der Waals surface area contributed by atoms with Gasteiger partial charge >= 0.3 is 0 Å². The van der Waals surface area contributed by atoms with Gasteiger partial charge in [0.05, 0.1) is 5.56 Å². The van der Waals surface area contributed by atoms with Crippen molar-refractivity contribution in [3.05, 3.63) is 93.7 Å². The van der Waals surface area contributed by atoms with E-state index in [1.54, 1.807) is 6.92 Å². The smallest absolute Gasteiger partial charge is 0.272 e. The summed E-state index contributed by atoms with van der Waals surface area (Å²) in [5, 5.41) is 6.68. The Morgan fingerprint density at radius 2 is 1.80 bits per heavy atom. The molecule has 0 bridgehead atoms. The third-order valence-corrected chi connectivity index (χ3v) is 5.03. The SMILES string of the molecule is Cc1onc(-c2ccc(Br)cc2)c1C(=O)c1c[nH]c(C(=O)Nc2ccc(F)cc2)c1. The Morgan fingerprint density at radius 1 is 1.10 bits per heavy atom. The summed E-state index contributed by atoms with van der Waals surface area (Å²) in [6.07, 6.45) is 1.46. The van der Waals surface area contributed by atoms with Gasteiger partial charge in [-0.25, -0.2) is 4.39 Å². The second-order valence-corrected chi connectivity index (χ2v) is 7.48. The number of ketones is 1. The second-order valence-electron chi connectivity index (χ2n) is 6.56. The number of hydrogen-bond donors (Lipinski definition) is 2. The van der Waals surface area contributed by atoms with E-state index in [4.69, 9.17) is 4.52 Å². The van der Waals surface area contributed by atoms with Gasteiger partial charge in [0.1, 0.15) is 23.0 Å². The lowest BCUT2D eigenvalue weighted by molar-refractivity contribution is 0.102. The number of anilines is 1. The fourth-order valence-corrected chi connectivity index (χ4v) is 3.24. The fourth-order valence-electron chi connectivity index (χ4n) is 2.98. The lowest BCUT2D eigenvalue weighted by atomic mass is 9.99. The number of carbonyl (C=O) groups excluding carboxylic acids is 2. The summed E-state index contributed by atoms with van der Waals surface area (Å²) in [6, 6.07) is 14.2. The van der Waals surface area contributed by atoms with Gasteiger partial charge in [-0.3, -0.25) is 9.59 Å². The highest BCUT2D eigenvalue weighted by atomic mass is 79.9. The third kappa shape index (κ3) is 3.95. The van der Waals surface area contributed by atoms with Gasteiger partial charge in [0, 0.05) is 27.5 Å². The van der Waals surface area contributed by atoms with E-state index in [-0.39, 0.29) is 11.5 Å². The van der Waals surface area contributed by atoms with E-state index in [1.165, 1.54) is 36.5 Å². The lowest BCUT2D eigenvalue weighted by Gasteiger charge is -2.03. The van der Waals surface area contributed by atoms with Crippen LogP contribution in [0.1, 0.15) is 32.2 Å². The lowest BCUT2D eigenvalue weighted by Crippen LogP contribution is -2.12. The van der Waals surface area contributed by atoms with Gasteiger partial charge in [0.25, 0.3) is 5.91 Å². The summed E-state index contributed by atoms with van der Waals surface area (Å²) < 4.78 is 19.2. The van der Waals surface area contributed by atoms with Gasteiger partial charge < -0.3 is 14.8 Å². The molecule has 4 rings (SSSR count). The van der Waals surface area contributed by atoms with Gasteiger partial charge in [-0.1, -0.05) is 33.2 Å². The number of aromatic amines is 1.